The van der Waals surface area contributed by atoms with Crippen molar-refractivity contribution in [2.24, 2.45) is 0 Å². The molecular weight excluding hydrogens is 354 g/mol. The number of carbonyl (C=O) groups is 1. The van der Waals surface area contributed by atoms with Crippen LogP contribution >= 0.6 is 11.3 Å². The summed E-state index contributed by atoms with van der Waals surface area (Å²) in [6, 6.07) is 15.5. The standard InChI is InChI=1S/C20H18F2N2OS/c21-16-7-3-14(4-8-16)11-12-23-20(25)24-19(18-2-1-13-26-18)15-5-9-17(22)10-6-15/h1-10,13,19H,11-12H2,(H2,23,24,25). The van der Waals surface area contributed by atoms with Gasteiger partial charge in [-0.25, -0.2) is 13.6 Å². The van der Waals surface area contributed by atoms with Crippen molar-refractivity contribution in [1.82, 2.24) is 10.6 Å². The number of benzene rings is 2. The van der Waals surface area contributed by atoms with Gasteiger partial charge in [-0.3, -0.25) is 0 Å². The first-order chi connectivity index (χ1) is 12.6. The number of nitrogens with one attached hydrogen (secondary N) is 2. The molecular formula is C20H18F2N2OS. The lowest BCUT2D eigenvalue weighted by molar-refractivity contribution is 0.239. The molecule has 2 N–H and O–H groups in total. The highest BCUT2D eigenvalue weighted by molar-refractivity contribution is 7.10. The summed E-state index contributed by atoms with van der Waals surface area (Å²) in [6.07, 6.45) is 0.605. The predicted octanol–water partition coefficient (Wildman–Crippen LogP) is 4.66. The molecule has 0 aliphatic heterocycles. The number of thiophene rings is 1. The van der Waals surface area contributed by atoms with E-state index in [1.54, 1.807) is 24.3 Å². The van der Waals surface area contributed by atoms with Crippen molar-refractivity contribution < 1.29 is 13.6 Å². The molecule has 1 aromatic heterocycles. The second kappa shape index (κ2) is 8.58. The predicted molar refractivity (Wildman–Crippen MR) is 99.2 cm³/mol. The molecule has 2 aromatic carbocycles. The number of rotatable bonds is 6. The molecule has 3 rings (SSSR count). The Labute approximate surface area is 154 Å². The second-order valence-corrected chi connectivity index (χ2v) is 6.76. The van der Waals surface area contributed by atoms with Gasteiger partial charge in [0.25, 0.3) is 0 Å². The summed E-state index contributed by atoms with van der Waals surface area (Å²) in [6.45, 7) is 0.429. The monoisotopic (exact) mass is 372 g/mol. The minimum absolute atomic E-state index is 0.280. The molecule has 1 atom stereocenters. The lowest BCUT2D eigenvalue weighted by Gasteiger charge is -2.18. The van der Waals surface area contributed by atoms with E-state index in [1.165, 1.54) is 35.6 Å². The fourth-order valence-corrected chi connectivity index (χ4v) is 3.39. The fourth-order valence-electron chi connectivity index (χ4n) is 2.58. The Hall–Kier alpha value is -2.73. The summed E-state index contributed by atoms with van der Waals surface area (Å²) in [5.41, 5.74) is 1.75. The third-order valence-electron chi connectivity index (χ3n) is 3.92. The van der Waals surface area contributed by atoms with Gasteiger partial charge in [-0.15, -0.1) is 11.3 Å². The smallest absolute Gasteiger partial charge is 0.315 e. The molecule has 0 aliphatic carbocycles. The van der Waals surface area contributed by atoms with Crippen molar-refractivity contribution in [3.05, 3.63) is 93.7 Å². The van der Waals surface area contributed by atoms with Crippen LogP contribution in [0.2, 0.25) is 0 Å². The largest absolute Gasteiger partial charge is 0.338 e. The van der Waals surface area contributed by atoms with Gasteiger partial charge in [0.1, 0.15) is 11.6 Å². The molecule has 0 fully saturated rings. The van der Waals surface area contributed by atoms with E-state index < -0.39 is 0 Å². The number of urea groups is 1. The highest BCUT2D eigenvalue weighted by Gasteiger charge is 2.17. The van der Waals surface area contributed by atoms with Crippen LogP contribution in [0.1, 0.15) is 22.0 Å². The van der Waals surface area contributed by atoms with Crippen LogP contribution in [0.5, 0.6) is 0 Å². The summed E-state index contributed by atoms with van der Waals surface area (Å²) in [4.78, 5) is 13.2. The number of carbonyl (C=O) groups excluding carboxylic acids is 1. The number of halogens is 2. The van der Waals surface area contributed by atoms with Crippen LogP contribution in [0.15, 0.2) is 66.0 Å². The molecule has 3 nitrogen and oxygen atoms in total. The van der Waals surface area contributed by atoms with Gasteiger partial charge < -0.3 is 10.6 Å². The maximum absolute atomic E-state index is 13.2. The minimum atomic E-state index is -0.346. The first-order valence-electron chi connectivity index (χ1n) is 8.19. The summed E-state index contributed by atoms with van der Waals surface area (Å²) in [7, 11) is 0. The van der Waals surface area contributed by atoms with Crippen LogP contribution < -0.4 is 10.6 Å². The molecule has 0 spiro atoms. The summed E-state index contributed by atoms with van der Waals surface area (Å²) < 4.78 is 26.1. The van der Waals surface area contributed by atoms with Crippen molar-refractivity contribution in [2.75, 3.05) is 6.54 Å². The van der Waals surface area contributed by atoms with Crippen LogP contribution in [0.3, 0.4) is 0 Å². The van der Waals surface area contributed by atoms with Crippen LogP contribution in [0, 0.1) is 11.6 Å². The van der Waals surface area contributed by atoms with Gasteiger partial charge in [0, 0.05) is 11.4 Å². The van der Waals surface area contributed by atoms with E-state index in [4.69, 9.17) is 0 Å². The quantitative estimate of drug-likeness (QED) is 0.649. The summed E-state index contributed by atoms with van der Waals surface area (Å²) in [5, 5.41) is 7.67. The Balaban J connectivity index is 1.60. The Morgan fingerprint density at radius 2 is 1.62 bits per heavy atom. The average molecular weight is 372 g/mol. The molecule has 0 saturated carbocycles. The van der Waals surface area contributed by atoms with Gasteiger partial charge in [-0.2, -0.15) is 0 Å². The normalized spacial score (nSPS) is 11.8. The molecule has 134 valence electrons. The minimum Gasteiger partial charge on any atom is -0.338 e. The molecule has 3 aromatic rings. The van der Waals surface area contributed by atoms with Crippen LogP contribution in [-0.2, 0) is 6.42 Å². The molecule has 2 amide bonds. The zero-order chi connectivity index (χ0) is 18.4. The van der Waals surface area contributed by atoms with E-state index in [1.807, 2.05) is 17.5 Å². The van der Waals surface area contributed by atoms with Gasteiger partial charge in [0.05, 0.1) is 6.04 Å². The molecule has 0 saturated heterocycles. The zero-order valence-corrected chi connectivity index (χ0v) is 14.7. The number of hydrogen-bond acceptors (Lipinski definition) is 2. The van der Waals surface area contributed by atoms with E-state index in [9.17, 15) is 13.6 Å². The van der Waals surface area contributed by atoms with Gasteiger partial charge in [0.2, 0.25) is 0 Å². The molecule has 26 heavy (non-hydrogen) atoms. The van der Waals surface area contributed by atoms with E-state index in [0.29, 0.717) is 13.0 Å². The van der Waals surface area contributed by atoms with E-state index in [-0.39, 0.29) is 23.7 Å². The fraction of sp³-hybridized carbons (Fsp3) is 0.150. The van der Waals surface area contributed by atoms with Crippen molar-refractivity contribution >= 4 is 17.4 Å². The molecule has 1 unspecified atom stereocenters. The highest BCUT2D eigenvalue weighted by Crippen LogP contribution is 2.26. The third-order valence-corrected chi connectivity index (χ3v) is 4.86. The molecule has 0 radical (unpaired) electrons. The topological polar surface area (TPSA) is 41.1 Å². The Bertz CT molecular complexity index is 833. The van der Waals surface area contributed by atoms with Crippen molar-refractivity contribution in [3.8, 4) is 0 Å². The lowest BCUT2D eigenvalue weighted by Crippen LogP contribution is -2.39. The zero-order valence-electron chi connectivity index (χ0n) is 13.9. The Kier molecular flexibility index (Phi) is 5.96. The van der Waals surface area contributed by atoms with Gasteiger partial charge in [0.15, 0.2) is 0 Å². The van der Waals surface area contributed by atoms with Crippen molar-refractivity contribution in [1.29, 1.82) is 0 Å². The summed E-state index contributed by atoms with van der Waals surface area (Å²) in [5.74, 6) is -0.597. The van der Waals surface area contributed by atoms with E-state index in [2.05, 4.69) is 10.6 Å². The second-order valence-electron chi connectivity index (χ2n) is 5.78. The molecule has 6 heteroatoms. The van der Waals surface area contributed by atoms with Crippen LogP contribution in [-0.4, -0.2) is 12.6 Å². The van der Waals surface area contributed by atoms with Crippen molar-refractivity contribution in [2.45, 2.75) is 12.5 Å². The van der Waals surface area contributed by atoms with E-state index >= 15 is 0 Å². The first kappa shape index (κ1) is 18.1. The Morgan fingerprint density at radius 3 is 2.23 bits per heavy atom. The van der Waals surface area contributed by atoms with Crippen LogP contribution in [0.4, 0.5) is 13.6 Å². The highest BCUT2D eigenvalue weighted by atomic mass is 32.1. The van der Waals surface area contributed by atoms with Crippen LogP contribution in [0.25, 0.3) is 0 Å². The van der Waals surface area contributed by atoms with E-state index in [0.717, 1.165) is 16.0 Å². The molecule has 0 bridgehead atoms. The number of amides is 2. The van der Waals surface area contributed by atoms with Gasteiger partial charge in [-0.1, -0.05) is 30.3 Å². The van der Waals surface area contributed by atoms with Gasteiger partial charge >= 0.3 is 6.03 Å². The van der Waals surface area contributed by atoms with Gasteiger partial charge in [-0.05, 0) is 53.3 Å². The lowest BCUT2D eigenvalue weighted by atomic mass is 10.1. The maximum Gasteiger partial charge on any atom is 0.315 e. The third kappa shape index (κ3) is 4.89. The number of hydrogen-bond donors (Lipinski definition) is 2. The Morgan fingerprint density at radius 1 is 0.962 bits per heavy atom. The first-order valence-corrected chi connectivity index (χ1v) is 9.07. The summed E-state index contributed by atoms with van der Waals surface area (Å²) >= 11 is 1.52. The average Bonchev–Trinajstić information content (AvgIpc) is 3.17. The maximum atomic E-state index is 13.2. The van der Waals surface area contributed by atoms with Crippen molar-refractivity contribution in [3.63, 3.8) is 0 Å². The molecule has 1 heterocycles. The SMILES string of the molecule is O=C(NCCc1ccc(F)cc1)NC(c1ccc(F)cc1)c1cccs1. The molecule has 0 aliphatic rings.